The van der Waals surface area contributed by atoms with Gasteiger partial charge in [-0.3, -0.25) is 9.78 Å². The average Bonchev–Trinajstić information content (AvgIpc) is 3.10. The molecule has 12 heteroatoms. The van der Waals surface area contributed by atoms with Crippen molar-refractivity contribution in [2.45, 2.75) is 29.3 Å². The van der Waals surface area contributed by atoms with Crippen LogP contribution in [0.2, 0.25) is 0 Å². The van der Waals surface area contributed by atoms with Gasteiger partial charge in [-0.15, -0.1) is 0 Å². The van der Waals surface area contributed by atoms with Crippen molar-refractivity contribution in [1.82, 2.24) is 10.3 Å². The Hall–Kier alpha value is -3.67. The predicted molar refractivity (Wildman–Crippen MR) is 124 cm³/mol. The second-order valence-corrected chi connectivity index (χ2v) is 10.3. The molecule has 2 unspecified atom stereocenters. The molecule has 0 saturated carbocycles. The molecule has 2 heterocycles. The van der Waals surface area contributed by atoms with Gasteiger partial charge in [-0.2, -0.15) is 13.2 Å². The van der Waals surface area contributed by atoms with Crippen LogP contribution in [0, 0.1) is 0 Å². The lowest BCUT2D eigenvalue weighted by atomic mass is 9.90. The van der Waals surface area contributed by atoms with Crippen molar-refractivity contribution >= 4 is 44.1 Å². The van der Waals surface area contributed by atoms with Gasteiger partial charge in [-0.25, -0.2) is 18.1 Å². The number of carbonyl (C=O) groups is 2. The number of hydrogen-bond acceptors (Lipinski definition) is 6. The van der Waals surface area contributed by atoms with E-state index in [1.54, 1.807) is 19.2 Å². The van der Waals surface area contributed by atoms with Crippen LogP contribution in [0.15, 0.2) is 59.6 Å². The Balaban J connectivity index is 1.65. The largest absolute Gasteiger partial charge is 0.501 e. The van der Waals surface area contributed by atoms with Gasteiger partial charge in [0.05, 0.1) is 16.1 Å². The number of aromatic nitrogens is 1. The topological polar surface area (TPSA) is 99.7 Å². The lowest BCUT2D eigenvalue weighted by molar-refractivity contribution is -0.118. The molecule has 184 valence electrons. The molecule has 4 rings (SSSR count). The summed E-state index contributed by atoms with van der Waals surface area (Å²) in [7, 11) is -1.76. The van der Waals surface area contributed by atoms with E-state index >= 15 is 0 Å². The van der Waals surface area contributed by atoms with E-state index in [9.17, 15) is 31.2 Å². The Morgan fingerprint density at radius 2 is 1.71 bits per heavy atom. The number of benzene rings is 2. The number of amides is 3. The third kappa shape index (κ3) is 4.18. The summed E-state index contributed by atoms with van der Waals surface area (Å²) in [6, 6.07) is 9.19. The predicted octanol–water partition coefficient (Wildman–Crippen LogP) is 3.82. The number of imide groups is 1. The van der Waals surface area contributed by atoms with Gasteiger partial charge in [0.2, 0.25) is 0 Å². The number of pyridine rings is 1. The fourth-order valence-corrected chi connectivity index (χ4v) is 4.76. The summed E-state index contributed by atoms with van der Waals surface area (Å²) in [5.41, 5.74) is -3.08. The Morgan fingerprint density at radius 3 is 2.31 bits per heavy atom. The lowest BCUT2D eigenvalue weighted by Gasteiger charge is -2.21. The van der Waals surface area contributed by atoms with Gasteiger partial charge in [0.1, 0.15) is 6.04 Å². The van der Waals surface area contributed by atoms with E-state index in [-0.39, 0.29) is 5.69 Å². The highest BCUT2D eigenvalue weighted by molar-refractivity contribution is 7.92. The molecule has 3 aromatic rings. The minimum atomic E-state index is -5.55. The highest BCUT2D eigenvalue weighted by Crippen LogP contribution is 2.34. The fourth-order valence-electron chi connectivity index (χ4n) is 4.00. The molecule has 8 nitrogen and oxygen atoms in total. The molecule has 1 N–H and O–H groups in total. The molecule has 1 saturated heterocycles. The number of urea groups is 1. The summed E-state index contributed by atoms with van der Waals surface area (Å²) in [5.74, 6) is -1.08. The van der Waals surface area contributed by atoms with Gasteiger partial charge in [0.15, 0.2) is 0 Å². The number of sulfone groups is 1. The van der Waals surface area contributed by atoms with Gasteiger partial charge in [-0.1, -0.05) is 6.92 Å². The summed E-state index contributed by atoms with van der Waals surface area (Å²) in [4.78, 5) is 32.0. The van der Waals surface area contributed by atoms with Crippen molar-refractivity contribution in [2.75, 3.05) is 23.9 Å². The van der Waals surface area contributed by atoms with E-state index in [0.717, 1.165) is 39.2 Å². The Kier molecular flexibility index (Phi) is 5.95. The van der Waals surface area contributed by atoms with Crippen molar-refractivity contribution in [2.24, 2.45) is 0 Å². The normalized spacial score (nSPS) is 17.5. The first kappa shape index (κ1) is 24.5. The molecule has 35 heavy (non-hydrogen) atoms. The number of rotatable bonds is 5. The van der Waals surface area contributed by atoms with Crippen LogP contribution in [0.25, 0.3) is 10.9 Å². The van der Waals surface area contributed by atoms with Crippen LogP contribution in [0.4, 0.5) is 29.3 Å². The standard InChI is InChI=1S/C23H21F3N4O4S/c1-13(17-10-11-27-19-9-6-15(29(2)3)12-18(17)19)20-21(31)30(22(32)28-20)14-4-7-16(8-5-14)35(33,34)23(24,25)26/h4-13,20H,1-3H3,(H,28,32). The summed E-state index contributed by atoms with van der Waals surface area (Å²) in [5, 5.41) is 3.44. The van der Waals surface area contributed by atoms with Crippen LogP contribution >= 0.6 is 0 Å². The fraction of sp³-hybridized carbons (Fsp3) is 0.261. The third-order valence-electron chi connectivity index (χ3n) is 5.94. The van der Waals surface area contributed by atoms with Crippen molar-refractivity contribution in [3.63, 3.8) is 0 Å². The number of hydrogen-bond donors (Lipinski definition) is 1. The van der Waals surface area contributed by atoms with E-state index in [2.05, 4.69) is 10.3 Å². The molecule has 2 aromatic carbocycles. The maximum absolute atomic E-state index is 13.2. The molecular formula is C23H21F3N4O4S. The van der Waals surface area contributed by atoms with Gasteiger partial charge in [-0.05, 0) is 54.1 Å². The number of carbonyl (C=O) groups excluding carboxylic acids is 2. The average molecular weight is 507 g/mol. The third-order valence-corrected chi connectivity index (χ3v) is 7.45. The zero-order valence-corrected chi connectivity index (χ0v) is 19.7. The van der Waals surface area contributed by atoms with Gasteiger partial charge in [0.25, 0.3) is 15.7 Å². The molecule has 0 bridgehead atoms. The van der Waals surface area contributed by atoms with Crippen LogP contribution < -0.4 is 15.1 Å². The number of halogens is 3. The van der Waals surface area contributed by atoms with Crippen molar-refractivity contribution in [1.29, 1.82) is 0 Å². The minimum Gasteiger partial charge on any atom is -0.378 e. The van der Waals surface area contributed by atoms with Gasteiger partial charge in [0, 0.05) is 37.3 Å². The zero-order valence-electron chi connectivity index (χ0n) is 18.9. The van der Waals surface area contributed by atoms with Crippen LogP contribution in [0.3, 0.4) is 0 Å². The number of anilines is 2. The number of nitrogens with zero attached hydrogens (tertiary/aromatic N) is 3. The maximum atomic E-state index is 13.2. The van der Waals surface area contributed by atoms with E-state index in [1.807, 2.05) is 37.2 Å². The molecule has 1 aliphatic heterocycles. The quantitative estimate of drug-likeness (QED) is 0.528. The van der Waals surface area contributed by atoms with E-state index < -0.39 is 44.1 Å². The van der Waals surface area contributed by atoms with E-state index in [1.165, 1.54) is 0 Å². The maximum Gasteiger partial charge on any atom is 0.501 e. The molecule has 1 aliphatic rings. The lowest BCUT2D eigenvalue weighted by Crippen LogP contribution is -2.35. The van der Waals surface area contributed by atoms with Crippen molar-refractivity contribution in [3.8, 4) is 0 Å². The van der Waals surface area contributed by atoms with Gasteiger partial charge < -0.3 is 10.2 Å². The number of alkyl halides is 3. The summed E-state index contributed by atoms with van der Waals surface area (Å²) in [6.45, 7) is 1.78. The SMILES string of the molecule is CC(c1ccnc2ccc(N(C)C)cc12)C1NC(=O)N(c2ccc(S(=O)(=O)C(F)(F)F)cc2)C1=O. The minimum absolute atomic E-state index is 0.0437. The van der Waals surface area contributed by atoms with Crippen molar-refractivity contribution < 1.29 is 31.2 Å². The Morgan fingerprint density at radius 1 is 1.06 bits per heavy atom. The molecule has 3 amide bonds. The molecule has 2 atom stereocenters. The second kappa shape index (κ2) is 8.52. The molecule has 0 radical (unpaired) electrons. The zero-order chi connectivity index (χ0) is 25.7. The first-order chi connectivity index (χ1) is 16.3. The number of nitrogens with one attached hydrogen (secondary N) is 1. The summed E-state index contributed by atoms with van der Waals surface area (Å²) < 4.78 is 61.6. The monoisotopic (exact) mass is 506 g/mol. The highest BCUT2D eigenvalue weighted by Gasteiger charge is 2.47. The number of fused-ring (bicyclic) bond motifs is 1. The van der Waals surface area contributed by atoms with E-state index in [4.69, 9.17) is 0 Å². The van der Waals surface area contributed by atoms with Crippen LogP contribution in [0.1, 0.15) is 18.4 Å². The van der Waals surface area contributed by atoms with Crippen LogP contribution in [0.5, 0.6) is 0 Å². The molecule has 1 fully saturated rings. The molecule has 0 aliphatic carbocycles. The summed E-state index contributed by atoms with van der Waals surface area (Å²) >= 11 is 0. The second-order valence-electron chi connectivity index (χ2n) is 8.33. The first-order valence-electron chi connectivity index (χ1n) is 10.4. The molecular weight excluding hydrogens is 485 g/mol. The van der Waals surface area contributed by atoms with Gasteiger partial charge >= 0.3 is 11.5 Å². The summed E-state index contributed by atoms with van der Waals surface area (Å²) in [6.07, 6.45) is 1.61. The Bertz CT molecular complexity index is 1420. The van der Waals surface area contributed by atoms with Crippen molar-refractivity contribution in [3.05, 3.63) is 60.3 Å². The van der Waals surface area contributed by atoms with E-state index in [0.29, 0.717) is 12.1 Å². The smallest absolute Gasteiger partial charge is 0.378 e. The molecule has 0 spiro atoms. The highest BCUT2D eigenvalue weighted by atomic mass is 32.2. The molecule has 1 aromatic heterocycles. The Labute approximate surface area is 199 Å². The van der Waals surface area contributed by atoms with Crippen LogP contribution in [-0.4, -0.2) is 51.0 Å². The van der Waals surface area contributed by atoms with Crippen LogP contribution in [-0.2, 0) is 14.6 Å². The first-order valence-corrected chi connectivity index (χ1v) is 11.9.